The summed E-state index contributed by atoms with van der Waals surface area (Å²) in [6.07, 6.45) is 0.957. The van der Waals surface area contributed by atoms with Crippen molar-refractivity contribution >= 4 is 31.6 Å². The van der Waals surface area contributed by atoms with Crippen LogP contribution in [0.4, 0.5) is 10.1 Å². The predicted molar refractivity (Wildman–Crippen MR) is 116 cm³/mol. The van der Waals surface area contributed by atoms with Gasteiger partial charge < -0.3 is 10.1 Å². The third-order valence-electron chi connectivity index (χ3n) is 4.82. The van der Waals surface area contributed by atoms with Crippen LogP contribution in [0.3, 0.4) is 0 Å². The van der Waals surface area contributed by atoms with Gasteiger partial charge in [0.2, 0.25) is 26.0 Å². The summed E-state index contributed by atoms with van der Waals surface area (Å²) in [5.41, 5.74) is 0.814. The standard InChI is InChI=1S/C20H24FN3O6S2/c1-31(26,27)24(15-20(25)22-14-16-2-4-17(21)5-3-16)18-6-8-19(9-7-18)32(28,29)23-10-12-30-13-11-23/h2-9H,10-15H2,1H3,(H,22,25). The van der Waals surface area contributed by atoms with Gasteiger partial charge in [-0.05, 0) is 42.0 Å². The summed E-state index contributed by atoms with van der Waals surface area (Å²) in [6.45, 7) is 0.725. The number of sulfonamides is 2. The molecule has 1 saturated heterocycles. The number of nitrogens with zero attached hydrogens (tertiary/aromatic N) is 2. The van der Waals surface area contributed by atoms with Crippen molar-refractivity contribution in [2.24, 2.45) is 0 Å². The minimum absolute atomic E-state index is 0.0253. The Kier molecular flexibility index (Phi) is 7.49. The molecule has 0 aliphatic carbocycles. The van der Waals surface area contributed by atoms with Gasteiger partial charge in [0, 0.05) is 19.6 Å². The molecule has 9 nitrogen and oxygen atoms in total. The Labute approximate surface area is 186 Å². The van der Waals surface area contributed by atoms with Gasteiger partial charge in [0.25, 0.3) is 0 Å². The Balaban J connectivity index is 1.71. The number of morpholine rings is 1. The van der Waals surface area contributed by atoms with Crippen molar-refractivity contribution in [3.05, 3.63) is 59.9 Å². The molecule has 2 aromatic rings. The monoisotopic (exact) mass is 485 g/mol. The summed E-state index contributed by atoms with van der Waals surface area (Å²) in [4.78, 5) is 12.4. The molecule has 3 rings (SSSR count). The number of anilines is 1. The Morgan fingerprint density at radius 2 is 1.62 bits per heavy atom. The molecule has 0 aromatic heterocycles. The summed E-state index contributed by atoms with van der Waals surface area (Å²) in [5.74, 6) is -0.966. The molecule has 0 radical (unpaired) electrons. The molecule has 0 atom stereocenters. The molecule has 12 heteroatoms. The van der Waals surface area contributed by atoms with E-state index in [0.29, 0.717) is 18.8 Å². The van der Waals surface area contributed by atoms with Crippen LogP contribution >= 0.6 is 0 Å². The minimum Gasteiger partial charge on any atom is -0.379 e. The molecule has 0 bridgehead atoms. The second-order valence-corrected chi connectivity index (χ2v) is 11.0. The molecule has 1 heterocycles. The molecular formula is C20H24FN3O6S2. The van der Waals surface area contributed by atoms with Crippen LogP contribution in [-0.4, -0.2) is 66.2 Å². The van der Waals surface area contributed by atoms with Gasteiger partial charge in [-0.1, -0.05) is 12.1 Å². The van der Waals surface area contributed by atoms with Crippen LogP contribution in [0.15, 0.2) is 53.4 Å². The first kappa shape index (κ1) is 24.1. The van der Waals surface area contributed by atoms with Gasteiger partial charge >= 0.3 is 0 Å². The number of rotatable bonds is 8. The van der Waals surface area contributed by atoms with Crippen LogP contribution in [0.2, 0.25) is 0 Å². The number of carbonyl (C=O) groups excluding carboxylic acids is 1. The third-order valence-corrected chi connectivity index (χ3v) is 7.88. The lowest BCUT2D eigenvalue weighted by Gasteiger charge is -2.26. The van der Waals surface area contributed by atoms with E-state index in [2.05, 4.69) is 5.32 Å². The maximum absolute atomic E-state index is 13.0. The number of ether oxygens (including phenoxy) is 1. The summed E-state index contributed by atoms with van der Waals surface area (Å²) >= 11 is 0. The maximum Gasteiger partial charge on any atom is 0.243 e. The summed E-state index contributed by atoms with van der Waals surface area (Å²) in [6, 6.07) is 10.9. The van der Waals surface area contributed by atoms with Crippen LogP contribution in [0.5, 0.6) is 0 Å². The normalized spacial score (nSPS) is 15.3. The molecule has 1 aliphatic rings. The highest BCUT2D eigenvalue weighted by Crippen LogP contribution is 2.23. The molecule has 1 aliphatic heterocycles. The van der Waals surface area contributed by atoms with E-state index in [1.54, 1.807) is 0 Å². The SMILES string of the molecule is CS(=O)(=O)N(CC(=O)NCc1ccc(F)cc1)c1ccc(S(=O)(=O)N2CCOCC2)cc1. The van der Waals surface area contributed by atoms with Crippen LogP contribution in [-0.2, 0) is 36.1 Å². The molecule has 1 amide bonds. The predicted octanol–water partition coefficient (Wildman–Crippen LogP) is 0.929. The lowest BCUT2D eigenvalue weighted by atomic mass is 10.2. The number of hydrogen-bond acceptors (Lipinski definition) is 6. The van der Waals surface area contributed by atoms with Crippen molar-refractivity contribution in [3.8, 4) is 0 Å². The molecule has 0 unspecified atom stereocenters. The molecular weight excluding hydrogens is 461 g/mol. The smallest absolute Gasteiger partial charge is 0.243 e. The zero-order valence-electron chi connectivity index (χ0n) is 17.4. The lowest BCUT2D eigenvalue weighted by molar-refractivity contribution is -0.119. The van der Waals surface area contributed by atoms with Crippen molar-refractivity contribution in [2.45, 2.75) is 11.4 Å². The highest BCUT2D eigenvalue weighted by atomic mass is 32.2. The van der Waals surface area contributed by atoms with E-state index in [1.165, 1.54) is 52.8 Å². The van der Waals surface area contributed by atoms with Crippen molar-refractivity contribution in [1.82, 2.24) is 9.62 Å². The van der Waals surface area contributed by atoms with E-state index in [0.717, 1.165) is 10.6 Å². The highest BCUT2D eigenvalue weighted by Gasteiger charge is 2.27. The van der Waals surface area contributed by atoms with E-state index in [4.69, 9.17) is 4.74 Å². The van der Waals surface area contributed by atoms with Crippen molar-refractivity contribution in [3.63, 3.8) is 0 Å². The quantitative estimate of drug-likeness (QED) is 0.595. The second-order valence-electron chi connectivity index (χ2n) is 7.18. The number of hydrogen-bond donors (Lipinski definition) is 1. The summed E-state index contributed by atoms with van der Waals surface area (Å²) in [5, 5.41) is 2.59. The fraction of sp³-hybridized carbons (Fsp3) is 0.350. The number of carbonyl (C=O) groups is 1. The number of nitrogens with one attached hydrogen (secondary N) is 1. The molecule has 0 spiro atoms. The molecule has 174 valence electrons. The van der Waals surface area contributed by atoms with Gasteiger partial charge in [-0.25, -0.2) is 21.2 Å². The first-order chi connectivity index (χ1) is 15.1. The molecule has 1 fully saturated rings. The fourth-order valence-corrected chi connectivity index (χ4v) is 5.37. The van der Waals surface area contributed by atoms with Crippen molar-refractivity contribution < 1.29 is 30.8 Å². The van der Waals surface area contributed by atoms with Crippen LogP contribution in [0.1, 0.15) is 5.56 Å². The average Bonchev–Trinajstić information content (AvgIpc) is 2.77. The molecule has 2 aromatic carbocycles. The number of halogens is 1. The summed E-state index contributed by atoms with van der Waals surface area (Å²) in [7, 11) is -7.55. The third kappa shape index (κ3) is 6.03. The van der Waals surface area contributed by atoms with Crippen LogP contribution < -0.4 is 9.62 Å². The lowest BCUT2D eigenvalue weighted by Crippen LogP contribution is -2.41. The first-order valence-corrected chi connectivity index (χ1v) is 13.0. The van der Waals surface area contributed by atoms with Gasteiger partial charge in [0.1, 0.15) is 12.4 Å². The van der Waals surface area contributed by atoms with E-state index in [9.17, 15) is 26.0 Å². The number of benzene rings is 2. The largest absolute Gasteiger partial charge is 0.379 e. The fourth-order valence-electron chi connectivity index (χ4n) is 3.11. The van der Waals surface area contributed by atoms with E-state index in [1.807, 2.05) is 0 Å². The zero-order chi connectivity index (χ0) is 23.4. The van der Waals surface area contributed by atoms with Gasteiger partial charge in [-0.15, -0.1) is 0 Å². The topological polar surface area (TPSA) is 113 Å². The van der Waals surface area contributed by atoms with Crippen molar-refractivity contribution in [1.29, 1.82) is 0 Å². The second kappa shape index (κ2) is 9.94. The Morgan fingerprint density at radius 1 is 1.03 bits per heavy atom. The molecule has 0 saturated carbocycles. The van der Waals surface area contributed by atoms with Crippen LogP contribution in [0, 0.1) is 5.82 Å². The number of amides is 1. The molecule has 32 heavy (non-hydrogen) atoms. The van der Waals surface area contributed by atoms with Gasteiger partial charge in [0.15, 0.2) is 0 Å². The maximum atomic E-state index is 13.0. The Hall–Kier alpha value is -2.54. The van der Waals surface area contributed by atoms with Crippen molar-refractivity contribution in [2.75, 3.05) is 43.4 Å². The van der Waals surface area contributed by atoms with Crippen LogP contribution in [0.25, 0.3) is 0 Å². The average molecular weight is 486 g/mol. The van der Waals surface area contributed by atoms with E-state index < -0.39 is 38.3 Å². The summed E-state index contributed by atoms with van der Waals surface area (Å²) < 4.78 is 70.4. The minimum atomic E-state index is -3.82. The highest BCUT2D eigenvalue weighted by molar-refractivity contribution is 7.92. The Bertz CT molecular complexity index is 1150. The van der Waals surface area contributed by atoms with E-state index >= 15 is 0 Å². The first-order valence-electron chi connectivity index (χ1n) is 9.74. The molecule has 1 N–H and O–H groups in total. The van der Waals surface area contributed by atoms with E-state index in [-0.39, 0.29) is 30.2 Å². The van der Waals surface area contributed by atoms with Gasteiger partial charge in [-0.2, -0.15) is 4.31 Å². The van der Waals surface area contributed by atoms with Gasteiger partial charge in [-0.3, -0.25) is 9.10 Å². The zero-order valence-corrected chi connectivity index (χ0v) is 19.0. The Morgan fingerprint density at radius 3 is 2.19 bits per heavy atom. The van der Waals surface area contributed by atoms with Gasteiger partial charge in [0.05, 0.1) is 30.1 Å².